The van der Waals surface area contributed by atoms with Crippen molar-refractivity contribution < 1.29 is 20.1 Å². The minimum absolute atomic E-state index is 0. The molecule has 14 rings (SSSR count). The Kier molecular flexibility index (Phi) is 13.8. The fraction of sp³-hybridized carbons (Fsp3) is 0. The molecule has 0 radical (unpaired) electrons. The van der Waals surface area contributed by atoms with Crippen LogP contribution in [0.15, 0.2) is 279 Å². The van der Waals surface area contributed by atoms with Crippen LogP contribution >= 0.6 is 11.3 Å². The molecule has 4 aromatic heterocycles. The van der Waals surface area contributed by atoms with Gasteiger partial charge in [0.15, 0.2) is 0 Å². The predicted octanol–water partition coefficient (Wildman–Crippen LogP) is 20.0. The molecule has 0 saturated carbocycles. The van der Waals surface area contributed by atoms with Gasteiger partial charge in [-0.3, -0.25) is 0 Å². The molecule has 0 atom stereocenters. The van der Waals surface area contributed by atoms with E-state index >= 15 is 0 Å². The van der Waals surface area contributed by atoms with Crippen molar-refractivity contribution in [3.63, 3.8) is 0 Å². The Morgan fingerprint density at radius 2 is 0.725 bits per heavy atom. The molecule has 3 nitrogen and oxygen atoms in total. The third-order valence-corrected chi connectivity index (χ3v) is 16.0. The summed E-state index contributed by atoms with van der Waals surface area (Å²) < 4.78 is 2.58. The number of hydrogen-bond acceptors (Lipinski definition) is 4. The summed E-state index contributed by atoms with van der Waals surface area (Å²) in [5.74, 6) is 0. The van der Waals surface area contributed by atoms with E-state index in [1.54, 1.807) is 0 Å². The summed E-state index contributed by atoms with van der Waals surface area (Å²) in [6.45, 7) is 0. The molecule has 0 fully saturated rings. The Morgan fingerprint density at radius 1 is 0.250 bits per heavy atom. The molecular weight excluding hydrogens is 1170 g/mol. The van der Waals surface area contributed by atoms with Crippen molar-refractivity contribution in [1.82, 2.24) is 15.0 Å². The van der Waals surface area contributed by atoms with E-state index in [4.69, 9.17) is 15.0 Å². The van der Waals surface area contributed by atoms with Gasteiger partial charge in [0.25, 0.3) is 0 Å². The Morgan fingerprint density at radius 3 is 1.30 bits per heavy atom. The average Bonchev–Trinajstić information content (AvgIpc) is 3.93. The van der Waals surface area contributed by atoms with Crippen LogP contribution in [0.25, 0.3) is 143 Å². The van der Waals surface area contributed by atoms with Gasteiger partial charge in [0, 0.05) is 44.3 Å². The summed E-state index contributed by atoms with van der Waals surface area (Å²) in [5, 5.41) is 2.59. The van der Waals surface area contributed by atoms with Crippen LogP contribution in [0.3, 0.4) is 0 Å². The number of pyridine rings is 3. The molecule has 10 aromatic carbocycles. The summed E-state index contributed by atoms with van der Waals surface area (Å²) >= 11 is 1.84. The summed E-state index contributed by atoms with van der Waals surface area (Å²) in [6.07, 6.45) is 6.02. The van der Waals surface area contributed by atoms with Crippen molar-refractivity contribution in [2.24, 2.45) is 0 Å². The van der Waals surface area contributed by atoms with Crippen LogP contribution in [0.4, 0.5) is 0 Å². The van der Waals surface area contributed by atoms with Crippen molar-refractivity contribution in [3.8, 4) is 123 Å². The van der Waals surface area contributed by atoms with Gasteiger partial charge in [-0.15, -0.1) is 119 Å². The summed E-state index contributed by atoms with van der Waals surface area (Å²) in [5.41, 5.74) is 22.9. The zero-order valence-electron chi connectivity index (χ0n) is 43.1. The van der Waals surface area contributed by atoms with Crippen molar-refractivity contribution >= 4 is 31.5 Å². The van der Waals surface area contributed by atoms with Crippen molar-refractivity contribution in [2.45, 2.75) is 0 Å². The zero-order valence-corrected chi connectivity index (χ0v) is 46.4. The first kappa shape index (κ1) is 50.1. The fourth-order valence-electron chi connectivity index (χ4n) is 10.9. The molecule has 0 N–H and O–H groups in total. The van der Waals surface area contributed by atoms with Gasteiger partial charge in [-0.25, -0.2) is 0 Å². The third kappa shape index (κ3) is 9.80. The molecule has 14 aromatic rings. The monoisotopic (exact) mass is 1210 g/mol. The van der Waals surface area contributed by atoms with E-state index in [0.717, 1.165) is 117 Å². The molecule has 0 spiro atoms. The van der Waals surface area contributed by atoms with Gasteiger partial charge in [-0.05, 0) is 125 Å². The van der Waals surface area contributed by atoms with E-state index in [1.807, 2.05) is 78.3 Å². The first-order chi connectivity index (χ1) is 39.1. The van der Waals surface area contributed by atoms with E-state index in [0.29, 0.717) is 0 Å². The van der Waals surface area contributed by atoms with Crippen LogP contribution in [0.5, 0.6) is 0 Å². The normalized spacial score (nSPS) is 11.2. The summed E-state index contributed by atoms with van der Waals surface area (Å²) in [6, 6.07) is 103. The maximum atomic E-state index is 5.29. The average molecular weight is 1210 g/mol. The number of rotatable bonds is 11. The summed E-state index contributed by atoms with van der Waals surface area (Å²) in [4.78, 5) is 15.2. The number of fused-ring (bicyclic) bond motifs is 3. The van der Waals surface area contributed by atoms with Crippen molar-refractivity contribution in [2.75, 3.05) is 0 Å². The Balaban J connectivity index is 0.00000605. The first-order valence-electron chi connectivity index (χ1n) is 26.5. The van der Waals surface area contributed by atoms with Crippen LogP contribution in [0.2, 0.25) is 0 Å². The largest absolute Gasteiger partial charge is 3.00 e. The molecule has 0 aliphatic heterocycles. The zero-order chi connectivity index (χ0) is 52.5. The Bertz CT molecular complexity index is 4370. The maximum Gasteiger partial charge on any atom is 3.00 e. The van der Waals surface area contributed by atoms with E-state index in [9.17, 15) is 0 Å². The number of nitrogens with zero attached hydrogens (tertiary/aromatic N) is 3. The number of benzene rings is 10. The smallest absolute Gasteiger partial charge is 0.304 e. The molecule has 0 bridgehead atoms. The second-order valence-electron chi connectivity index (χ2n) is 19.6. The SMILES string of the molecule is [Ir+3].[c-]1ccccc1-c1ccc(-c2ccccc2-c2cc(-c3ccccc3-c3ccc(-c4[c-]cccc4)nc3)cc(-c3ccccc3-c3cnc(-c4[c-]ccc(-c5ccc6c(c5)sc5ccccc56)c4)cc3-c3ccccc3)c2)cn1. The van der Waals surface area contributed by atoms with Gasteiger partial charge < -0.3 is 15.0 Å². The van der Waals surface area contributed by atoms with Gasteiger partial charge in [0.2, 0.25) is 0 Å². The van der Waals surface area contributed by atoms with Gasteiger partial charge in [-0.1, -0.05) is 164 Å². The van der Waals surface area contributed by atoms with E-state index in [-0.39, 0.29) is 20.1 Å². The topological polar surface area (TPSA) is 38.7 Å². The van der Waals surface area contributed by atoms with Gasteiger partial charge >= 0.3 is 20.1 Å². The standard InChI is InChI=1S/C75H46N3S.Ir/c1-4-19-50(20-5-1)69-46-73(55-26-18-25-53(41-55)54-35-38-68-67-33-16-17-34-74(67)79-75(68)45-54)78-49-70(69)66-32-15-14-31-65(66)60-43-58(63-29-12-10-27-61(63)56-36-39-71(76-47-56)51-21-6-2-7-22-51)42-59(44-60)64-30-13-11-28-62(64)57-37-40-72(77-48-57)52-23-8-3-9-24-52;/h1-21,23,25,27-49H;/q-3;+3. The fourth-order valence-corrected chi connectivity index (χ4v) is 12.1. The molecule has 0 aliphatic rings. The van der Waals surface area contributed by atoms with Gasteiger partial charge in [0.05, 0.1) is 0 Å². The van der Waals surface area contributed by atoms with Gasteiger partial charge in [-0.2, -0.15) is 0 Å². The number of aromatic nitrogens is 3. The van der Waals surface area contributed by atoms with E-state index < -0.39 is 0 Å². The van der Waals surface area contributed by atoms with Crippen LogP contribution in [0, 0.1) is 18.2 Å². The van der Waals surface area contributed by atoms with Crippen LogP contribution in [-0.2, 0) is 20.1 Å². The molecule has 80 heavy (non-hydrogen) atoms. The van der Waals surface area contributed by atoms with Crippen molar-refractivity contribution in [3.05, 3.63) is 298 Å². The Hall–Kier alpha value is -9.48. The van der Waals surface area contributed by atoms with E-state index in [2.05, 4.69) is 231 Å². The van der Waals surface area contributed by atoms with Gasteiger partial charge in [0.1, 0.15) is 0 Å². The third-order valence-electron chi connectivity index (χ3n) is 14.8. The quantitative estimate of drug-likeness (QED) is 0.121. The molecule has 0 unspecified atom stereocenters. The molecule has 4 heterocycles. The molecule has 376 valence electrons. The minimum atomic E-state index is 0. The molecular formula is C75H46IrN3S. The second kappa shape index (κ2) is 22.1. The minimum Gasteiger partial charge on any atom is -0.304 e. The van der Waals surface area contributed by atoms with Crippen LogP contribution in [0.1, 0.15) is 0 Å². The van der Waals surface area contributed by atoms with E-state index in [1.165, 1.54) is 25.7 Å². The maximum absolute atomic E-state index is 5.29. The molecule has 0 aliphatic carbocycles. The molecule has 5 heteroatoms. The van der Waals surface area contributed by atoms with Crippen molar-refractivity contribution in [1.29, 1.82) is 0 Å². The van der Waals surface area contributed by atoms with Crippen LogP contribution in [-0.4, -0.2) is 15.0 Å². The first-order valence-corrected chi connectivity index (χ1v) is 27.3. The number of thiophene rings is 1. The second-order valence-corrected chi connectivity index (χ2v) is 20.7. The van der Waals surface area contributed by atoms with Crippen LogP contribution < -0.4 is 0 Å². The number of hydrogen-bond donors (Lipinski definition) is 0. The molecule has 0 saturated heterocycles. The molecule has 0 amide bonds. The summed E-state index contributed by atoms with van der Waals surface area (Å²) in [7, 11) is 0. The Labute approximate surface area is 483 Å². The predicted molar refractivity (Wildman–Crippen MR) is 329 cm³/mol.